The summed E-state index contributed by atoms with van der Waals surface area (Å²) in [6.45, 7) is 3.81. The van der Waals surface area contributed by atoms with Crippen molar-refractivity contribution in [3.05, 3.63) is 35.2 Å². The van der Waals surface area contributed by atoms with Gasteiger partial charge in [-0.05, 0) is 43.8 Å². The first-order chi connectivity index (χ1) is 7.56. The molecule has 0 fully saturated rings. The minimum atomic E-state index is -0.516. The predicted molar refractivity (Wildman–Crippen MR) is 69.3 cm³/mol. The third kappa shape index (κ3) is 1.77. The van der Waals surface area contributed by atoms with Crippen LogP contribution in [0.2, 0.25) is 0 Å². The molecule has 0 aliphatic rings. The molecule has 3 heteroatoms. The van der Waals surface area contributed by atoms with Crippen LogP contribution in [0.5, 0.6) is 0 Å². The predicted octanol–water partition coefficient (Wildman–Crippen LogP) is 3.08. The maximum atomic E-state index is 12.4. The van der Waals surface area contributed by atoms with Gasteiger partial charge in [-0.15, -0.1) is 11.3 Å². The molecule has 1 N–H and O–H groups in total. The Morgan fingerprint density at radius 3 is 2.75 bits per heavy atom. The van der Waals surface area contributed by atoms with Gasteiger partial charge in [0.25, 0.3) is 0 Å². The Hall–Kier alpha value is -1.19. The van der Waals surface area contributed by atoms with Gasteiger partial charge < -0.3 is 5.32 Å². The molecular formula is C13H15NOS. The van der Waals surface area contributed by atoms with E-state index >= 15 is 0 Å². The van der Waals surface area contributed by atoms with Crippen molar-refractivity contribution in [2.75, 3.05) is 7.05 Å². The summed E-state index contributed by atoms with van der Waals surface area (Å²) in [6, 6.07) is 7.92. The highest BCUT2D eigenvalue weighted by atomic mass is 32.1. The van der Waals surface area contributed by atoms with E-state index in [9.17, 15) is 4.79 Å². The van der Waals surface area contributed by atoms with Crippen molar-refractivity contribution in [1.82, 2.24) is 5.32 Å². The number of Topliss-reactive ketones (excluding diaryl/α,β-unsaturated/α-hetero) is 1. The number of benzene rings is 1. The first-order valence-electron chi connectivity index (χ1n) is 5.26. The zero-order chi connectivity index (χ0) is 11.8. The normalized spacial score (nSPS) is 11.9. The van der Waals surface area contributed by atoms with Gasteiger partial charge in [0.2, 0.25) is 0 Å². The van der Waals surface area contributed by atoms with Crippen molar-refractivity contribution in [3.8, 4) is 0 Å². The fraction of sp³-hybridized carbons (Fsp3) is 0.308. The molecule has 0 saturated heterocycles. The second-order valence-corrected chi connectivity index (χ2v) is 5.26. The van der Waals surface area contributed by atoms with Crippen LogP contribution in [0.15, 0.2) is 29.6 Å². The fourth-order valence-corrected chi connectivity index (χ4v) is 2.53. The molecule has 2 rings (SSSR count). The van der Waals surface area contributed by atoms with Gasteiger partial charge in [0.1, 0.15) is 0 Å². The molecule has 84 valence electrons. The minimum Gasteiger partial charge on any atom is -0.308 e. The molecule has 0 aliphatic carbocycles. The first kappa shape index (κ1) is 11.3. The van der Waals surface area contributed by atoms with E-state index in [0.29, 0.717) is 0 Å². The maximum absolute atomic E-state index is 12.4. The number of hydrogen-bond acceptors (Lipinski definition) is 3. The molecule has 0 aliphatic heterocycles. The van der Waals surface area contributed by atoms with E-state index in [1.54, 1.807) is 11.3 Å². The summed E-state index contributed by atoms with van der Waals surface area (Å²) < 4.78 is 1.08. The van der Waals surface area contributed by atoms with Gasteiger partial charge >= 0.3 is 0 Å². The number of likely N-dealkylation sites (N-methyl/N-ethyl adjacent to an activating group) is 1. The molecule has 0 atom stereocenters. The molecule has 1 heterocycles. The first-order valence-corrected chi connectivity index (χ1v) is 6.14. The monoisotopic (exact) mass is 233 g/mol. The van der Waals surface area contributed by atoms with E-state index < -0.39 is 5.54 Å². The summed E-state index contributed by atoms with van der Waals surface area (Å²) in [5.41, 5.74) is 0.296. The number of ketones is 1. The molecular weight excluding hydrogens is 218 g/mol. The van der Waals surface area contributed by atoms with Crippen LogP contribution in [0.1, 0.15) is 24.2 Å². The Morgan fingerprint density at radius 2 is 2.06 bits per heavy atom. The number of rotatable bonds is 3. The summed E-state index contributed by atoms with van der Waals surface area (Å²) in [7, 11) is 1.81. The van der Waals surface area contributed by atoms with Crippen LogP contribution >= 0.6 is 11.3 Å². The standard InChI is InChI=1S/C13H15NOS/c1-13(2,14-3)12(15)10-6-4-5-9-7-8-16-11(9)10/h4-8,14H,1-3H3. The average Bonchev–Trinajstić information content (AvgIpc) is 2.75. The summed E-state index contributed by atoms with van der Waals surface area (Å²) in [5, 5.41) is 6.21. The minimum absolute atomic E-state index is 0.142. The number of fused-ring (bicyclic) bond motifs is 1. The van der Waals surface area contributed by atoms with Gasteiger partial charge in [-0.1, -0.05) is 12.1 Å². The number of thiophene rings is 1. The summed E-state index contributed by atoms with van der Waals surface area (Å²) in [6.07, 6.45) is 0. The molecule has 1 aromatic carbocycles. The largest absolute Gasteiger partial charge is 0.308 e. The van der Waals surface area contributed by atoms with Gasteiger partial charge in [0.15, 0.2) is 5.78 Å². The molecule has 2 aromatic rings. The lowest BCUT2D eigenvalue weighted by Gasteiger charge is -2.22. The van der Waals surface area contributed by atoms with Crippen LogP contribution in [0.3, 0.4) is 0 Å². The summed E-state index contributed by atoms with van der Waals surface area (Å²) in [5.74, 6) is 0.142. The molecule has 1 aromatic heterocycles. The van der Waals surface area contributed by atoms with E-state index in [-0.39, 0.29) is 5.78 Å². The lowest BCUT2D eigenvalue weighted by Crippen LogP contribution is -2.44. The van der Waals surface area contributed by atoms with Crippen molar-refractivity contribution in [1.29, 1.82) is 0 Å². The number of nitrogens with one attached hydrogen (secondary N) is 1. The Kier molecular flexibility index (Phi) is 2.82. The second kappa shape index (κ2) is 4.00. The number of carbonyl (C=O) groups excluding carboxylic acids is 1. The summed E-state index contributed by atoms with van der Waals surface area (Å²) in [4.78, 5) is 12.4. The van der Waals surface area contributed by atoms with Gasteiger partial charge in [-0.3, -0.25) is 4.79 Å². The zero-order valence-electron chi connectivity index (χ0n) is 9.70. The smallest absolute Gasteiger partial charge is 0.183 e. The van der Waals surface area contributed by atoms with E-state index in [1.165, 1.54) is 0 Å². The molecule has 2 nitrogen and oxygen atoms in total. The third-order valence-corrected chi connectivity index (χ3v) is 3.88. The Labute approximate surface area is 99.3 Å². The molecule has 0 radical (unpaired) electrons. The highest BCUT2D eigenvalue weighted by Gasteiger charge is 2.27. The van der Waals surface area contributed by atoms with Gasteiger partial charge in [-0.25, -0.2) is 0 Å². The van der Waals surface area contributed by atoms with E-state index in [2.05, 4.69) is 5.32 Å². The Balaban J connectivity index is 2.55. The van der Waals surface area contributed by atoms with Gasteiger partial charge in [-0.2, -0.15) is 0 Å². The van der Waals surface area contributed by atoms with Crippen LogP contribution in [-0.2, 0) is 0 Å². The van der Waals surface area contributed by atoms with Crippen LogP contribution in [0.4, 0.5) is 0 Å². The molecule has 0 unspecified atom stereocenters. The van der Waals surface area contributed by atoms with Gasteiger partial charge in [0.05, 0.1) is 5.54 Å². The average molecular weight is 233 g/mol. The van der Waals surface area contributed by atoms with Crippen molar-refractivity contribution < 1.29 is 4.79 Å². The molecule has 16 heavy (non-hydrogen) atoms. The quantitative estimate of drug-likeness (QED) is 0.825. The lowest BCUT2D eigenvalue weighted by atomic mass is 9.93. The third-order valence-electron chi connectivity index (χ3n) is 2.92. The van der Waals surface area contributed by atoms with Crippen molar-refractivity contribution >= 4 is 27.2 Å². The maximum Gasteiger partial charge on any atom is 0.183 e. The van der Waals surface area contributed by atoms with Crippen LogP contribution in [0, 0.1) is 0 Å². The molecule has 0 spiro atoms. The highest BCUT2D eigenvalue weighted by molar-refractivity contribution is 7.17. The SMILES string of the molecule is CNC(C)(C)C(=O)c1cccc2ccsc12. The van der Waals surface area contributed by atoms with Crippen molar-refractivity contribution in [2.45, 2.75) is 19.4 Å². The van der Waals surface area contributed by atoms with E-state index in [0.717, 1.165) is 15.6 Å². The van der Waals surface area contributed by atoms with E-state index in [1.807, 2.05) is 50.5 Å². The lowest BCUT2D eigenvalue weighted by molar-refractivity contribution is 0.0891. The van der Waals surface area contributed by atoms with Crippen LogP contribution in [0.25, 0.3) is 10.1 Å². The van der Waals surface area contributed by atoms with Crippen molar-refractivity contribution in [3.63, 3.8) is 0 Å². The molecule has 0 bridgehead atoms. The topological polar surface area (TPSA) is 29.1 Å². The van der Waals surface area contributed by atoms with E-state index in [4.69, 9.17) is 0 Å². The second-order valence-electron chi connectivity index (χ2n) is 4.35. The fourth-order valence-electron chi connectivity index (χ4n) is 1.62. The van der Waals surface area contributed by atoms with Gasteiger partial charge in [0, 0.05) is 10.3 Å². The Bertz CT molecular complexity index is 527. The zero-order valence-corrected chi connectivity index (χ0v) is 10.5. The Morgan fingerprint density at radius 1 is 1.31 bits per heavy atom. The molecule has 0 saturated carbocycles. The summed E-state index contributed by atoms with van der Waals surface area (Å²) >= 11 is 1.62. The number of hydrogen-bond donors (Lipinski definition) is 1. The van der Waals surface area contributed by atoms with Crippen LogP contribution in [-0.4, -0.2) is 18.4 Å². The number of carbonyl (C=O) groups is 1. The molecule has 0 amide bonds. The highest BCUT2D eigenvalue weighted by Crippen LogP contribution is 2.27. The van der Waals surface area contributed by atoms with Crippen LogP contribution < -0.4 is 5.32 Å². The van der Waals surface area contributed by atoms with Crippen molar-refractivity contribution in [2.24, 2.45) is 0 Å².